The highest BCUT2D eigenvalue weighted by atomic mass is 32.1. The molecule has 0 radical (unpaired) electrons. The Hall–Kier alpha value is -2.27. The summed E-state index contributed by atoms with van der Waals surface area (Å²) in [6.07, 6.45) is 0. The van der Waals surface area contributed by atoms with Gasteiger partial charge in [-0.05, 0) is 44.5 Å². The Labute approximate surface area is 127 Å². The number of azo groups is 1. The number of fused-ring (bicyclic) bond motifs is 1. The molecular formula is C16H16N4S. The first-order valence-corrected chi connectivity index (χ1v) is 7.51. The molecule has 3 rings (SSSR count). The van der Waals surface area contributed by atoms with E-state index in [9.17, 15) is 0 Å². The van der Waals surface area contributed by atoms with Crippen molar-refractivity contribution < 1.29 is 0 Å². The van der Waals surface area contributed by atoms with Gasteiger partial charge < -0.3 is 5.73 Å². The molecule has 0 spiro atoms. The van der Waals surface area contributed by atoms with Crippen molar-refractivity contribution in [1.82, 2.24) is 4.98 Å². The number of hydrogen-bond acceptors (Lipinski definition) is 5. The van der Waals surface area contributed by atoms with Gasteiger partial charge in [-0.25, -0.2) is 4.98 Å². The first kappa shape index (κ1) is 13.7. The van der Waals surface area contributed by atoms with E-state index >= 15 is 0 Å². The Bertz CT molecular complexity index is 832. The number of benzene rings is 1. The van der Waals surface area contributed by atoms with Crippen LogP contribution in [0.2, 0.25) is 0 Å². The first-order valence-electron chi connectivity index (χ1n) is 6.69. The average Bonchev–Trinajstić information content (AvgIpc) is 2.74. The molecule has 2 N–H and O–H groups in total. The molecular weight excluding hydrogens is 280 g/mol. The summed E-state index contributed by atoms with van der Waals surface area (Å²) in [7, 11) is 0. The minimum atomic E-state index is 0.663. The van der Waals surface area contributed by atoms with Crippen molar-refractivity contribution in [1.29, 1.82) is 0 Å². The van der Waals surface area contributed by atoms with E-state index < -0.39 is 0 Å². The second-order valence-corrected chi connectivity index (χ2v) is 6.09. The number of nitrogens with two attached hydrogens (primary N) is 1. The zero-order valence-corrected chi connectivity index (χ0v) is 13.0. The second-order valence-electron chi connectivity index (χ2n) is 5.12. The predicted molar refractivity (Wildman–Crippen MR) is 88.9 cm³/mol. The third-order valence-electron chi connectivity index (χ3n) is 3.29. The molecule has 0 fully saturated rings. The van der Waals surface area contributed by atoms with Gasteiger partial charge >= 0.3 is 0 Å². The van der Waals surface area contributed by atoms with Crippen LogP contribution < -0.4 is 5.73 Å². The average molecular weight is 296 g/mol. The molecule has 0 unspecified atom stereocenters. The van der Waals surface area contributed by atoms with Crippen molar-refractivity contribution in [2.45, 2.75) is 20.8 Å². The lowest BCUT2D eigenvalue weighted by atomic mass is 10.1. The van der Waals surface area contributed by atoms with Gasteiger partial charge in [-0.1, -0.05) is 29.0 Å². The minimum absolute atomic E-state index is 0.663. The monoisotopic (exact) mass is 296 g/mol. The maximum atomic E-state index is 6.19. The van der Waals surface area contributed by atoms with Crippen molar-refractivity contribution >= 4 is 37.9 Å². The number of aryl methyl sites for hydroxylation is 3. The van der Waals surface area contributed by atoms with Crippen molar-refractivity contribution in [3.8, 4) is 0 Å². The van der Waals surface area contributed by atoms with Crippen LogP contribution in [0.25, 0.3) is 10.2 Å². The Kier molecular flexibility index (Phi) is 3.43. The van der Waals surface area contributed by atoms with E-state index in [-0.39, 0.29) is 0 Å². The van der Waals surface area contributed by atoms with Crippen molar-refractivity contribution in [2.75, 3.05) is 5.73 Å². The van der Waals surface area contributed by atoms with Crippen LogP contribution in [0.1, 0.15) is 16.8 Å². The largest absolute Gasteiger partial charge is 0.396 e. The molecule has 2 aromatic heterocycles. The SMILES string of the molecule is Cc1ccc(N=Nc2sc3nc(C)cc(C)c3c2N)cc1. The summed E-state index contributed by atoms with van der Waals surface area (Å²) in [5, 5.41) is 10.2. The fraction of sp³-hybridized carbons (Fsp3) is 0.188. The molecule has 0 saturated heterocycles. The van der Waals surface area contributed by atoms with Crippen LogP contribution in [-0.4, -0.2) is 4.98 Å². The molecule has 4 nitrogen and oxygen atoms in total. The lowest BCUT2D eigenvalue weighted by Gasteiger charge is -1.98. The van der Waals surface area contributed by atoms with Gasteiger partial charge in [-0.15, -0.1) is 10.2 Å². The van der Waals surface area contributed by atoms with Crippen LogP contribution in [0.15, 0.2) is 40.6 Å². The molecule has 0 saturated carbocycles. The van der Waals surface area contributed by atoms with E-state index in [2.05, 4.69) is 15.2 Å². The maximum Gasteiger partial charge on any atom is 0.164 e. The van der Waals surface area contributed by atoms with Gasteiger partial charge in [0, 0.05) is 11.1 Å². The minimum Gasteiger partial charge on any atom is -0.396 e. The van der Waals surface area contributed by atoms with Gasteiger partial charge in [0.05, 0.1) is 11.4 Å². The number of nitrogen functional groups attached to an aromatic ring is 1. The summed E-state index contributed by atoms with van der Waals surface area (Å²) in [5.74, 6) is 0. The Morgan fingerprint density at radius 1 is 1.05 bits per heavy atom. The molecule has 0 atom stereocenters. The smallest absolute Gasteiger partial charge is 0.164 e. The standard InChI is InChI=1S/C16H16N4S/c1-9-4-6-12(7-5-9)19-20-16-14(17)13-10(2)8-11(3)18-15(13)21-16/h4-8H,17H2,1-3H3. The Morgan fingerprint density at radius 2 is 1.76 bits per heavy atom. The summed E-state index contributed by atoms with van der Waals surface area (Å²) < 4.78 is 0. The molecule has 0 bridgehead atoms. The molecule has 0 aliphatic heterocycles. The lowest BCUT2D eigenvalue weighted by molar-refractivity contribution is 1.25. The summed E-state index contributed by atoms with van der Waals surface area (Å²) in [5.41, 5.74) is 11.0. The van der Waals surface area contributed by atoms with Gasteiger partial charge in [0.25, 0.3) is 0 Å². The molecule has 3 aromatic rings. The summed E-state index contributed by atoms with van der Waals surface area (Å²) in [6, 6.07) is 9.94. The summed E-state index contributed by atoms with van der Waals surface area (Å²) >= 11 is 1.48. The molecule has 0 aliphatic rings. The molecule has 1 aromatic carbocycles. The number of rotatable bonds is 2. The van der Waals surface area contributed by atoms with E-state index in [0.29, 0.717) is 10.7 Å². The zero-order valence-electron chi connectivity index (χ0n) is 12.2. The quantitative estimate of drug-likeness (QED) is 0.659. The van der Waals surface area contributed by atoms with Gasteiger partial charge in [0.15, 0.2) is 5.00 Å². The molecule has 0 aliphatic carbocycles. The van der Waals surface area contributed by atoms with Gasteiger partial charge in [0.2, 0.25) is 0 Å². The van der Waals surface area contributed by atoms with E-state index in [0.717, 1.165) is 27.2 Å². The highest BCUT2D eigenvalue weighted by Crippen LogP contribution is 2.41. The topological polar surface area (TPSA) is 63.6 Å². The van der Waals surface area contributed by atoms with Crippen LogP contribution in [0.5, 0.6) is 0 Å². The lowest BCUT2D eigenvalue weighted by Crippen LogP contribution is -1.87. The van der Waals surface area contributed by atoms with E-state index in [1.54, 1.807) is 0 Å². The molecule has 5 heteroatoms. The van der Waals surface area contributed by atoms with Gasteiger partial charge in [0.1, 0.15) is 4.83 Å². The van der Waals surface area contributed by atoms with Crippen molar-refractivity contribution in [3.63, 3.8) is 0 Å². The van der Waals surface area contributed by atoms with Crippen LogP contribution in [0.4, 0.5) is 16.4 Å². The summed E-state index contributed by atoms with van der Waals surface area (Å²) in [6.45, 7) is 6.07. The third-order valence-corrected chi connectivity index (χ3v) is 4.28. The zero-order chi connectivity index (χ0) is 15.0. The van der Waals surface area contributed by atoms with Crippen LogP contribution in [0.3, 0.4) is 0 Å². The van der Waals surface area contributed by atoms with Crippen molar-refractivity contribution in [3.05, 3.63) is 47.2 Å². The van der Waals surface area contributed by atoms with Crippen LogP contribution >= 0.6 is 11.3 Å². The van der Waals surface area contributed by atoms with Gasteiger partial charge in [-0.3, -0.25) is 0 Å². The number of anilines is 1. The summed E-state index contributed by atoms with van der Waals surface area (Å²) in [4.78, 5) is 5.44. The number of thiophene rings is 1. The number of hydrogen-bond donors (Lipinski definition) is 1. The molecule has 0 amide bonds. The van der Waals surface area contributed by atoms with Crippen molar-refractivity contribution in [2.24, 2.45) is 10.2 Å². The highest BCUT2D eigenvalue weighted by Gasteiger charge is 2.12. The molecule has 2 heterocycles. The predicted octanol–water partition coefficient (Wildman–Crippen LogP) is 5.22. The Balaban J connectivity index is 2.03. The van der Waals surface area contributed by atoms with E-state index in [1.165, 1.54) is 16.9 Å². The third kappa shape index (κ3) is 2.64. The van der Waals surface area contributed by atoms with Gasteiger partial charge in [-0.2, -0.15) is 0 Å². The van der Waals surface area contributed by atoms with Crippen LogP contribution in [-0.2, 0) is 0 Å². The van der Waals surface area contributed by atoms with Crippen LogP contribution in [0, 0.1) is 20.8 Å². The first-order chi connectivity index (χ1) is 10.0. The molecule has 106 valence electrons. The fourth-order valence-corrected chi connectivity index (χ4v) is 3.29. The van der Waals surface area contributed by atoms with E-state index in [4.69, 9.17) is 5.73 Å². The highest BCUT2D eigenvalue weighted by molar-refractivity contribution is 7.23. The Morgan fingerprint density at radius 3 is 2.48 bits per heavy atom. The second kappa shape index (κ2) is 5.26. The fourth-order valence-electron chi connectivity index (χ4n) is 2.25. The number of pyridine rings is 1. The number of aromatic nitrogens is 1. The number of nitrogens with zero attached hydrogens (tertiary/aromatic N) is 3. The molecule has 21 heavy (non-hydrogen) atoms. The van der Waals surface area contributed by atoms with E-state index in [1.807, 2.05) is 51.1 Å². The maximum absolute atomic E-state index is 6.19. The normalized spacial score (nSPS) is 11.6.